The van der Waals surface area contributed by atoms with E-state index in [1.165, 1.54) is 6.07 Å². The minimum Gasteiger partial charge on any atom is -0.456 e. The van der Waals surface area contributed by atoms with E-state index >= 15 is 0 Å². The van der Waals surface area contributed by atoms with Gasteiger partial charge in [0.05, 0.1) is 20.6 Å². The topological polar surface area (TPSA) is 52.4 Å². The van der Waals surface area contributed by atoms with Crippen LogP contribution in [-0.2, 0) is 0 Å². The zero-order valence-electron chi connectivity index (χ0n) is 9.27. The van der Waals surface area contributed by atoms with Crippen molar-refractivity contribution in [2.24, 2.45) is 0 Å². The molecule has 0 aliphatic carbocycles. The molecular formula is C12H6BrFINO3. The van der Waals surface area contributed by atoms with Gasteiger partial charge in [0, 0.05) is 10.5 Å². The standard InChI is InChI=1S/C12H6BrFINO3/c13-10-2-1-3-11(12(10)15)19-9-5-7(14)4-8(6-9)16(17)18/h1-6H. The van der Waals surface area contributed by atoms with Gasteiger partial charge in [-0.2, -0.15) is 0 Å². The molecule has 0 heterocycles. The highest BCUT2D eigenvalue weighted by atomic mass is 127. The molecule has 0 fully saturated rings. The number of hydrogen-bond donors (Lipinski definition) is 0. The Labute approximate surface area is 130 Å². The van der Waals surface area contributed by atoms with E-state index in [1.807, 2.05) is 6.07 Å². The van der Waals surface area contributed by atoms with Gasteiger partial charge in [-0.3, -0.25) is 10.1 Å². The fraction of sp³-hybridized carbons (Fsp3) is 0. The Morgan fingerprint density at radius 2 is 2.05 bits per heavy atom. The molecule has 2 aromatic carbocycles. The van der Waals surface area contributed by atoms with Gasteiger partial charge in [-0.25, -0.2) is 4.39 Å². The maximum atomic E-state index is 13.3. The average molecular weight is 438 g/mol. The van der Waals surface area contributed by atoms with Crippen LogP contribution in [0.25, 0.3) is 0 Å². The second-order valence-corrected chi connectivity index (χ2v) is 5.49. The molecule has 98 valence electrons. The molecule has 7 heteroatoms. The Kier molecular flexibility index (Phi) is 4.35. The van der Waals surface area contributed by atoms with Gasteiger partial charge < -0.3 is 4.74 Å². The number of nitro groups is 1. The highest BCUT2D eigenvalue weighted by Crippen LogP contribution is 2.33. The highest BCUT2D eigenvalue weighted by molar-refractivity contribution is 14.1. The third-order valence-electron chi connectivity index (χ3n) is 2.21. The van der Waals surface area contributed by atoms with E-state index in [2.05, 4.69) is 38.5 Å². The molecule has 0 bridgehead atoms. The first kappa shape index (κ1) is 14.2. The number of nitrogens with zero attached hydrogens (tertiary/aromatic N) is 1. The zero-order chi connectivity index (χ0) is 14.0. The Balaban J connectivity index is 2.38. The highest BCUT2D eigenvalue weighted by Gasteiger charge is 2.12. The van der Waals surface area contributed by atoms with Crippen LogP contribution in [0.3, 0.4) is 0 Å². The molecule has 0 saturated carbocycles. The summed E-state index contributed by atoms with van der Waals surface area (Å²) in [5.74, 6) is -0.133. The van der Waals surface area contributed by atoms with Gasteiger partial charge in [-0.15, -0.1) is 0 Å². The van der Waals surface area contributed by atoms with E-state index in [1.54, 1.807) is 12.1 Å². The van der Waals surface area contributed by atoms with E-state index < -0.39 is 10.7 Å². The minimum atomic E-state index is -0.714. The van der Waals surface area contributed by atoms with Crippen LogP contribution in [-0.4, -0.2) is 4.92 Å². The first-order chi connectivity index (χ1) is 8.97. The lowest BCUT2D eigenvalue weighted by atomic mass is 10.3. The second-order valence-electron chi connectivity index (χ2n) is 3.56. The lowest BCUT2D eigenvalue weighted by Crippen LogP contribution is -1.93. The molecule has 0 aromatic heterocycles. The fourth-order valence-corrected chi connectivity index (χ4v) is 2.22. The van der Waals surface area contributed by atoms with Crippen LogP contribution in [0.1, 0.15) is 0 Å². The number of ether oxygens (including phenoxy) is 1. The first-order valence-electron chi connectivity index (χ1n) is 5.04. The van der Waals surface area contributed by atoms with Crippen LogP contribution in [0.15, 0.2) is 40.9 Å². The number of hydrogen-bond acceptors (Lipinski definition) is 3. The van der Waals surface area contributed by atoms with Gasteiger partial charge in [-0.05, 0) is 50.7 Å². The van der Waals surface area contributed by atoms with Crippen molar-refractivity contribution in [3.05, 3.63) is 60.4 Å². The molecule has 19 heavy (non-hydrogen) atoms. The second kappa shape index (κ2) is 5.83. The SMILES string of the molecule is O=[N+]([O-])c1cc(F)cc(Oc2cccc(Br)c2I)c1. The maximum Gasteiger partial charge on any atom is 0.276 e. The Morgan fingerprint density at radius 3 is 2.74 bits per heavy atom. The molecule has 2 aromatic rings. The largest absolute Gasteiger partial charge is 0.456 e. The normalized spacial score (nSPS) is 10.3. The van der Waals surface area contributed by atoms with Crippen molar-refractivity contribution in [3.8, 4) is 11.5 Å². The van der Waals surface area contributed by atoms with Gasteiger partial charge in [0.25, 0.3) is 5.69 Å². The number of halogens is 3. The molecule has 4 nitrogen and oxygen atoms in total. The predicted molar refractivity (Wildman–Crippen MR) is 80.0 cm³/mol. The number of non-ortho nitro benzene ring substituents is 1. The molecular weight excluding hydrogens is 432 g/mol. The van der Waals surface area contributed by atoms with Gasteiger partial charge >= 0.3 is 0 Å². The average Bonchev–Trinajstić information content (AvgIpc) is 2.34. The summed E-state index contributed by atoms with van der Waals surface area (Å²) in [6.45, 7) is 0. The fourth-order valence-electron chi connectivity index (χ4n) is 1.40. The van der Waals surface area contributed by atoms with Crippen molar-refractivity contribution < 1.29 is 14.1 Å². The van der Waals surface area contributed by atoms with Gasteiger partial charge in [0.1, 0.15) is 17.3 Å². The summed E-state index contributed by atoms with van der Waals surface area (Å²) in [7, 11) is 0. The van der Waals surface area contributed by atoms with E-state index in [0.29, 0.717) is 5.75 Å². The third-order valence-corrected chi connectivity index (χ3v) is 4.73. The Hall–Kier alpha value is -1.22. The Bertz CT molecular complexity index is 651. The van der Waals surface area contributed by atoms with Crippen molar-refractivity contribution in [3.63, 3.8) is 0 Å². The van der Waals surface area contributed by atoms with Gasteiger partial charge in [0.15, 0.2) is 0 Å². The van der Waals surface area contributed by atoms with Crippen molar-refractivity contribution in [2.75, 3.05) is 0 Å². The summed E-state index contributed by atoms with van der Waals surface area (Å²) in [4.78, 5) is 9.99. The monoisotopic (exact) mass is 437 g/mol. The van der Waals surface area contributed by atoms with E-state index in [4.69, 9.17) is 4.74 Å². The zero-order valence-corrected chi connectivity index (χ0v) is 13.0. The summed E-state index contributed by atoms with van der Waals surface area (Å²) in [5, 5.41) is 10.7. The van der Waals surface area contributed by atoms with Crippen LogP contribution in [0.5, 0.6) is 11.5 Å². The molecule has 0 aliphatic heterocycles. The summed E-state index contributed by atoms with van der Waals surface area (Å²) in [6.07, 6.45) is 0. The minimum absolute atomic E-state index is 0.0858. The van der Waals surface area contributed by atoms with Crippen LogP contribution >= 0.6 is 38.5 Å². The number of nitro benzene ring substituents is 1. The lowest BCUT2D eigenvalue weighted by Gasteiger charge is -2.08. The third kappa shape index (κ3) is 3.41. The summed E-state index contributed by atoms with van der Waals surface area (Å²) in [6, 6.07) is 8.42. The van der Waals surface area contributed by atoms with Crippen LogP contribution in [0.2, 0.25) is 0 Å². The lowest BCUT2D eigenvalue weighted by molar-refractivity contribution is -0.385. The van der Waals surface area contributed by atoms with Crippen molar-refractivity contribution >= 4 is 44.2 Å². The molecule has 0 unspecified atom stereocenters. The number of benzene rings is 2. The number of rotatable bonds is 3. The quantitative estimate of drug-likeness (QED) is 0.390. The molecule has 0 radical (unpaired) electrons. The van der Waals surface area contributed by atoms with Crippen molar-refractivity contribution in [1.82, 2.24) is 0 Å². The van der Waals surface area contributed by atoms with Crippen molar-refractivity contribution in [1.29, 1.82) is 0 Å². The molecule has 0 aliphatic rings. The first-order valence-corrected chi connectivity index (χ1v) is 6.91. The van der Waals surface area contributed by atoms with E-state index in [0.717, 1.165) is 20.2 Å². The van der Waals surface area contributed by atoms with Crippen molar-refractivity contribution in [2.45, 2.75) is 0 Å². The molecule has 0 N–H and O–H groups in total. The smallest absolute Gasteiger partial charge is 0.276 e. The van der Waals surface area contributed by atoms with Crippen LogP contribution in [0, 0.1) is 19.5 Å². The van der Waals surface area contributed by atoms with Crippen LogP contribution in [0.4, 0.5) is 10.1 Å². The van der Waals surface area contributed by atoms with E-state index in [9.17, 15) is 14.5 Å². The van der Waals surface area contributed by atoms with Gasteiger partial charge in [0.2, 0.25) is 0 Å². The molecule has 0 saturated heterocycles. The predicted octanol–water partition coefficient (Wildman–Crippen LogP) is 4.89. The maximum absolute atomic E-state index is 13.3. The summed E-state index contributed by atoms with van der Waals surface area (Å²) < 4.78 is 20.4. The molecule has 0 spiro atoms. The summed E-state index contributed by atoms with van der Waals surface area (Å²) in [5.41, 5.74) is -0.347. The van der Waals surface area contributed by atoms with Crippen LogP contribution < -0.4 is 4.74 Å². The van der Waals surface area contributed by atoms with E-state index in [-0.39, 0.29) is 11.4 Å². The van der Waals surface area contributed by atoms with Gasteiger partial charge in [-0.1, -0.05) is 6.07 Å². The molecule has 0 atom stereocenters. The molecule has 0 amide bonds. The molecule has 2 rings (SSSR count). The summed E-state index contributed by atoms with van der Waals surface area (Å²) >= 11 is 5.40. The Morgan fingerprint density at radius 1 is 1.32 bits per heavy atom.